The minimum Gasteiger partial charge on any atom is -0.497 e. The van der Waals surface area contributed by atoms with E-state index in [1.54, 1.807) is 25.4 Å². The number of anilines is 1. The summed E-state index contributed by atoms with van der Waals surface area (Å²) in [6.07, 6.45) is 3.85. The molecular formula is C22H26N4O3. The van der Waals surface area contributed by atoms with Gasteiger partial charge in [-0.3, -0.25) is 9.59 Å². The maximum absolute atomic E-state index is 12.8. The van der Waals surface area contributed by atoms with E-state index in [0.29, 0.717) is 43.1 Å². The van der Waals surface area contributed by atoms with Gasteiger partial charge >= 0.3 is 0 Å². The highest BCUT2D eigenvalue weighted by molar-refractivity contribution is 5.95. The van der Waals surface area contributed by atoms with Crippen LogP contribution in [-0.2, 0) is 0 Å². The molecule has 7 heteroatoms. The van der Waals surface area contributed by atoms with Crippen LogP contribution in [0.15, 0.2) is 42.6 Å². The van der Waals surface area contributed by atoms with E-state index < -0.39 is 0 Å². The number of hydrogen-bond acceptors (Lipinski definition) is 5. The van der Waals surface area contributed by atoms with Gasteiger partial charge in [0.1, 0.15) is 11.6 Å². The second-order valence-electron chi connectivity index (χ2n) is 7.41. The second kappa shape index (κ2) is 8.51. The molecule has 0 bridgehead atoms. The maximum Gasteiger partial charge on any atom is 0.254 e. The molecule has 29 heavy (non-hydrogen) atoms. The molecule has 152 valence electrons. The molecule has 2 aliphatic heterocycles. The Balaban J connectivity index is 1.40. The molecule has 2 aliphatic rings. The van der Waals surface area contributed by atoms with Gasteiger partial charge in [0.2, 0.25) is 0 Å². The number of rotatable bonds is 4. The molecule has 7 nitrogen and oxygen atoms in total. The normalized spacial score (nSPS) is 16.8. The SMILES string of the molecule is COc1cccc(C(=O)N2CCN(c3cc(C(=O)N4CCCC4)ccn3)CC2)c1. The highest BCUT2D eigenvalue weighted by Gasteiger charge is 2.25. The quantitative estimate of drug-likeness (QED) is 0.796. The van der Waals surface area contributed by atoms with Gasteiger partial charge in [0.05, 0.1) is 7.11 Å². The predicted molar refractivity (Wildman–Crippen MR) is 110 cm³/mol. The predicted octanol–water partition coefficient (Wildman–Crippen LogP) is 2.29. The fourth-order valence-electron chi connectivity index (χ4n) is 3.90. The van der Waals surface area contributed by atoms with Crippen molar-refractivity contribution in [2.45, 2.75) is 12.8 Å². The minimum atomic E-state index is 0.00877. The first-order valence-electron chi connectivity index (χ1n) is 10.1. The van der Waals surface area contributed by atoms with E-state index in [1.807, 2.05) is 34.1 Å². The summed E-state index contributed by atoms with van der Waals surface area (Å²) in [4.78, 5) is 35.8. The summed E-state index contributed by atoms with van der Waals surface area (Å²) in [6.45, 7) is 4.27. The van der Waals surface area contributed by atoms with E-state index in [-0.39, 0.29) is 11.8 Å². The lowest BCUT2D eigenvalue weighted by atomic mass is 10.1. The number of carbonyl (C=O) groups excluding carboxylic acids is 2. The lowest BCUT2D eigenvalue weighted by Gasteiger charge is -2.35. The van der Waals surface area contributed by atoms with Gasteiger partial charge in [0.25, 0.3) is 11.8 Å². The van der Waals surface area contributed by atoms with Crippen LogP contribution in [0, 0.1) is 0 Å². The fourth-order valence-corrected chi connectivity index (χ4v) is 3.90. The van der Waals surface area contributed by atoms with Crippen LogP contribution < -0.4 is 9.64 Å². The summed E-state index contributed by atoms with van der Waals surface area (Å²) in [5, 5.41) is 0. The minimum absolute atomic E-state index is 0.00877. The van der Waals surface area contributed by atoms with E-state index in [9.17, 15) is 9.59 Å². The molecule has 3 heterocycles. The zero-order valence-corrected chi connectivity index (χ0v) is 16.7. The molecule has 0 aliphatic carbocycles. The van der Waals surface area contributed by atoms with Crippen LogP contribution in [0.5, 0.6) is 5.75 Å². The molecule has 2 fully saturated rings. The molecule has 0 saturated carbocycles. The molecule has 2 saturated heterocycles. The standard InChI is InChI=1S/C22H26N4O3/c1-29-19-6-4-5-17(15-19)21(27)26-13-11-24(12-14-26)20-16-18(7-8-23-20)22(28)25-9-2-3-10-25/h4-8,15-16H,2-3,9-14H2,1H3. The number of aromatic nitrogens is 1. The van der Waals surface area contributed by atoms with Crippen LogP contribution in [-0.4, -0.2) is 73.0 Å². The summed E-state index contributed by atoms with van der Waals surface area (Å²) in [5.74, 6) is 1.56. The molecule has 0 unspecified atom stereocenters. The number of amides is 2. The largest absolute Gasteiger partial charge is 0.497 e. The number of benzene rings is 1. The third-order valence-electron chi connectivity index (χ3n) is 5.59. The van der Waals surface area contributed by atoms with Gasteiger partial charge < -0.3 is 19.4 Å². The van der Waals surface area contributed by atoms with Crippen molar-refractivity contribution < 1.29 is 14.3 Å². The first-order valence-corrected chi connectivity index (χ1v) is 10.1. The van der Waals surface area contributed by atoms with Crippen LogP contribution in [0.2, 0.25) is 0 Å². The number of likely N-dealkylation sites (tertiary alicyclic amines) is 1. The number of hydrogen-bond donors (Lipinski definition) is 0. The van der Waals surface area contributed by atoms with Gasteiger partial charge in [-0.1, -0.05) is 6.07 Å². The monoisotopic (exact) mass is 394 g/mol. The zero-order chi connectivity index (χ0) is 20.2. The van der Waals surface area contributed by atoms with E-state index in [1.165, 1.54) is 0 Å². The molecule has 0 atom stereocenters. The highest BCUT2D eigenvalue weighted by atomic mass is 16.5. The van der Waals surface area contributed by atoms with E-state index in [0.717, 1.165) is 31.7 Å². The lowest BCUT2D eigenvalue weighted by Crippen LogP contribution is -2.49. The van der Waals surface area contributed by atoms with Crippen molar-refractivity contribution in [2.75, 3.05) is 51.3 Å². The third kappa shape index (κ3) is 4.18. The number of carbonyl (C=O) groups is 2. The van der Waals surface area contributed by atoms with Crippen molar-refractivity contribution in [3.8, 4) is 5.75 Å². The Bertz CT molecular complexity index is 887. The Labute approximate surface area is 170 Å². The third-order valence-corrected chi connectivity index (χ3v) is 5.59. The Kier molecular flexibility index (Phi) is 5.64. The van der Waals surface area contributed by atoms with E-state index in [2.05, 4.69) is 9.88 Å². The Morgan fingerprint density at radius 3 is 2.21 bits per heavy atom. The highest BCUT2D eigenvalue weighted by Crippen LogP contribution is 2.20. The Morgan fingerprint density at radius 1 is 0.862 bits per heavy atom. The fraction of sp³-hybridized carbons (Fsp3) is 0.409. The van der Waals surface area contributed by atoms with Crippen molar-refractivity contribution in [3.05, 3.63) is 53.7 Å². The lowest BCUT2D eigenvalue weighted by molar-refractivity contribution is 0.0745. The molecule has 1 aromatic carbocycles. The summed E-state index contributed by atoms with van der Waals surface area (Å²) in [7, 11) is 1.60. The van der Waals surface area contributed by atoms with Gasteiger partial charge in [-0.25, -0.2) is 4.98 Å². The molecule has 0 N–H and O–H groups in total. The number of methoxy groups -OCH3 is 1. The van der Waals surface area contributed by atoms with Crippen molar-refractivity contribution in [3.63, 3.8) is 0 Å². The Morgan fingerprint density at radius 2 is 1.52 bits per heavy atom. The summed E-state index contributed by atoms with van der Waals surface area (Å²) >= 11 is 0. The van der Waals surface area contributed by atoms with Crippen LogP contribution in [0.4, 0.5) is 5.82 Å². The van der Waals surface area contributed by atoms with Crippen molar-refractivity contribution >= 4 is 17.6 Å². The summed E-state index contributed by atoms with van der Waals surface area (Å²) in [5.41, 5.74) is 1.32. The topological polar surface area (TPSA) is 66.0 Å². The van der Waals surface area contributed by atoms with Crippen LogP contribution >= 0.6 is 0 Å². The van der Waals surface area contributed by atoms with Crippen molar-refractivity contribution in [2.24, 2.45) is 0 Å². The smallest absolute Gasteiger partial charge is 0.254 e. The van der Waals surface area contributed by atoms with Gasteiger partial charge in [0.15, 0.2) is 0 Å². The van der Waals surface area contributed by atoms with E-state index >= 15 is 0 Å². The van der Waals surface area contributed by atoms with Crippen LogP contribution in [0.3, 0.4) is 0 Å². The molecule has 2 aromatic rings. The van der Waals surface area contributed by atoms with Gasteiger partial charge in [-0.2, -0.15) is 0 Å². The van der Waals surface area contributed by atoms with Crippen molar-refractivity contribution in [1.29, 1.82) is 0 Å². The summed E-state index contributed by atoms with van der Waals surface area (Å²) in [6, 6.07) is 10.9. The average Bonchev–Trinajstić information content (AvgIpc) is 3.33. The van der Waals surface area contributed by atoms with Crippen LogP contribution in [0.25, 0.3) is 0 Å². The first-order chi connectivity index (χ1) is 14.2. The van der Waals surface area contributed by atoms with Gasteiger partial charge in [-0.15, -0.1) is 0 Å². The summed E-state index contributed by atoms with van der Waals surface area (Å²) < 4.78 is 5.22. The molecule has 0 radical (unpaired) electrons. The number of piperazine rings is 1. The molecule has 0 spiro atoms. The molecule has 1 aromatic heterocycles. The molecule has 2 amide bonds. The van der Waals surface area contributed by atoms with E-state index in [4.69, 9.17) is 4.74 Å². The first kappa shape index (κ1) is 19.2. The average molecular weight is 394 g/mol. The van der Waals surface area contributed by atoms with Gasteiger partial charge in [0, 0.05) is 56.6 Å². The number of ether oxygens (including phenoxy) is 1. The molecule has 4 rings (SSSR count). The molecular weight excluding hydrogens is 368 g/mol. The van der Waals surface area contributed by atoms with Gasteiger partial charge in [-0.05, 0) is 43.2 Å². The number of nitrogens with zero attached hydrogens (tertiary/aromatic N) is 4. The van der Waals surface area contributed by atoms with Crippen LogP contribution in [0.1, 0.15) is 33.6 Å². The van der Waals surface area contributed by atoms with Crippen molar-refractivity contribution in [1.82, 2.24) is 14.8 Å². The maximum atomic E-state index is 12.8. The second-order valence-corrected chi connectivity index (χ2v) is 7.41. The number of pyridine rings is 1. The zero-order valence-electron chi connectivity index (χ0n) is 16.7. The Hall–Kier alpha value is -3.09.